The number of benzene rings is 2. The molecule has 1 aromatic heterocycles. The van der Waals surface area contributed by atoms with Gasteiger partial charge in [0.05, 0.1) is 0 Å². The zero-order valence-electron chi connectivity index (χ0n) is 10.6. The van der Waals surface area contributed by atoms with Crippen LogP contribution in [0.15, 0.2) is 36.4 Å². The Kier molecular flexibility index (Phi) is 3.15. The Morgan fingerprint density at radius 3 is 2.65 bits per heavy atom. The average Bonchev–Trinajstić information content (AvgIpc) is 2.84. The van der Waals surface area contributed by atoms with Gasteiger partial charge < -0.3 is 0 Å². The SMILES string of the molecule is Cc1nsc(NC(=O)c2ccc(F)c3ccccc23)n1. The zero-order chi connectivity index (χ0) is 14.1. The van der Waals surface area contributed by atoms with E-state index in [1.165, 1.54) is 12.1 Å². The van der Waals surface area contributed by atoms with E-state index < -0.39 is 0 Å². The maximum absolute atomic E-state index is 13.7. The third kappa shape index (κ3) is 2.25. The third-order valence-electron chi connectivity index (χ3n) is 2.86. The number of carbonyl (C=O) groups excluding carboxylic acids is 1. The van der Waals surface area contributed by atoms with Crippen LogP contribution in [0.25, 0.3) is 10.8 Å². The van der Waals surface area contributed by atoms with Crippen LogP contribution < -0.4 is 5.32 Å². The highest BCUT2D eigenvalue weighted by atomic mass is 32.1. The van der Waals surface area contributed by atoms with Crippen molar-refractivity contribution < 1.29 is 9.18 Å². The summed E-state index contributed by atoms with van der Waals surface area (Å²) >= 11 is 1.11. The van der Waals surface area contributed by atoms with Crippen LogP contribution >= 0.6 is 11.5 Å². The van der Waals surface area contributed by atoms with Crippen LogP contribution in [-0.4, -0.2) is 15.3 Å². The van der Waals surface area contributed by atoms with Crippen molar-refractivity contribution in [2.24, 2.45) is 0 Å². The molecule has 2 aromatic carbocycles. The van der Waals surface area contributed by atoms with Crippen molar-refractivity contribution in [2.45, 2.75) is 6.92 Å². The Morgan fingerprint density at radius 2 is 1.95 bits per heavy atom. The number of aryl methyl sites for hydroxylation is 1. The fraction of sp³-hybridized carbons (Fsp3) is 0.0714. The minimum absolute atomic E-state index is 0.322. The topological polar surface area (TPSA) is 54.9 Å². The van der Waals surface area contributed by atoms with E-state index in [1.54, 1.807) is 31.2 Å². The van der Waals surface area contributed by atoms with Crippen LogP contribution in [0.4, 0.5) is 9.52 Å². The van der Waals surface area contributed by atoms with Gasteiger partial charge in [-0.25, -0.2) is 9.37 Å². The number of carbonyl (C=O) groups is 1. The maximum atomic E-state index is 13.7. The highest BCUT2D eigenvalue weighted by molar-refractivity contribution is 7.09. The molecule has 0 bridgehead atoms. The number of halogens is 1. The van der Waals surface area contributed by atoms with Crippen molar-refractivity contribution in [3.63, 3.8) is 0 Å². The smallest absolute Gasteiger partial charge is 0.258 e. The summed E-state index contributed by atoms with van der Waals surface area (Å²) in [4.78, 5) is 16.3. The Morgan fingerprint density at radius 1 is 1.20 bits per heavy atom. The normalized spacial score (nSPS) is 10.7. The van der Waals surface area contributed by atoms with E-state index in [0.717, 1.165) is 11.5 Å². The zero-order valence-corrected chi connectivity index (χ0v) is 11.4. The van der Waals surface area contributed by atoms with E-state index in [-0.39, 0.29) is 11.7 Å². The van der Waals surface area contributed by atoms with Gasteiger partial charge in [-0.3, -0.25) is 10.1 Å². The molecule has 0 atom stereocenters. The highest BCUT2D eigenvalue weighted by Gasteiger charge is 2.13. The van der Waals surface area contributed by atoms with E-state index in [1.807, 2.05) is 0 Å². The molecular weight excluding hydrogens is 277 g/mol. The first-order chi connectivity index (χ1) is 9.65. The molecule has 3 rings (SSSR count). The molecule has 4 nitrogen and oxygen atoms in total. The molecule has 1 heterocycles. The molecular formula is C14H10FN3OS. The van der Waals surface area contributed by atoms with Crippen LogP contribution in [0.1, 0.15) is 16.2 Å². The molecule has 6 heteroatoms. The van der Waals surface area contributed by atoms with E-state index in [9.17, 15) is 9.18 Å². The largest absolute Gasteiger partial charge is 0.297 e. The average molecular weight is 287 g/mol. The number of anilines is 1. The second-order valence-corrected chi connectivity index (χ2v) is 4.99. The third-order valence-corrected chi connectivity index (χ3v) is 3.59. The minimum atomic E-state index is -0.344. The summed E-state index contributed by atoms with van der Waals surface area (Å²) in [5.41, 5.74) is 0.412. The summed E-state index contributed by atoms with van der Waals surface area (Å²) in [6.45, 7) is 1.75. The predicted molar refractivity (Wildman–Crippen MR) is 76.5 cm³/mol. The molecule has 0 radical (unpaired) electrons. The molecule has 0 fully saturated rings. The number of aromatic nitrogens is 2. The van der Waals surface area contributed by atoms with Gasteiger partial charge in [0, 0.05) is 22.5 Å². The Labute approximate surface area is 118 Å². The molecule has 0 aliphatic rings. The molecule has 0 saturated carbocycles. The monoisotopic (exact) mass is 287 g/mol. The highest BCUT2D eigenvalue weighted by Crippen LogP contribution is 2.23. The molecule has 0 spiro atoms. The summed E-state index contributed by atoms with van der Waals surface area (Å²) in [5.74, 6) is -0.0597. The Bertz CT molecular complexity index is 800. The van der Waals surface area contributed by atoms with E-state index in [0.29, 0.717) is 27.3 Å². The number of nitrogens with zero attached hydrogens (tertiary/aromatic N) is 2. The number of rotatable bonds is 2. The Hall–Kier alpha value is -2.34. The fourth-order valence-electron chi connectivity index (χ4n) is 1.97. The van der Waals surface area contributed by atoms with Gasteiger partial charge in [0.1, 0.15) is 11.6 Å². The second-order valence-electron chi connectivity index (χ2n) is 4.24. The molecule has 1 N–H and O–H groups in total. The first-order valence-corrected chi connectivity index (χ1v) is 6.71. The first-order valence-electron chi connectivity index (χ1n) is 5.94. The van der Waals surface area contributed by atoms with E-state index in [2.05, 4.69) is 14.7 Å². The van der Waals surface area contributed by atoms with Crippen molar-refractivity contribution in [3.05, 3.63) is 53.6 Å². The van der Waals surface area contributed by atoms with Crippen LogP contribution in [0.3, 0.4) is 0 Å². The van der Waals surface area contributed by atoms with Gasteiger partial charge in [-0.15, -0.1) is 0 Å². The number of amides is 1. The van der Waals surface area contributed by atoms with Crippen molar-refractivity contribution in [2.75, 3.05) is 5.32 Å². The lowest BCUT2D eigenvalue weighted by molar-refractivity contribution is 0.102. The van der Waals surface area contributed by atoms with Crippen LogP contribution in [-0.2, 0) is 0 Å². The van der Waals surface area contributed by atoms with Crippen LogP contribution in [0.2, 0.25) is 0 Å². The van der Waals surface area contributed by atoms with E-state index in [4.69, 9.17) is 0 Å². The molecule has 20 heavy (non-hydrogen) atoms. The van der Waals surface area contributed by atoms with Crippen molar-refractivity contribution in [3.8, 4) is 0 Å². The lowest BCUT2D eigenvalue weighted by Crippen LogP contribution is -2.12. The van der Waals surface area contributed by atoms with Crippen LogP contribution in [0, 0.1) is 12.7 Å². The standard InChI is InChI=1S/C14H10FN3OS/c1-8-16-14(20-18-8)17-13(19)11-6-7-12(15)10-5-3-2-4-9(10)11/h2-7H,1H3,(H,16,17,18,19). The van der Waals surface area contributed by atoms with Gasteiger partial charge in [-0.05, 0) is 24.4 Å². The number of fused-ring (bicyclic) bond motifs is 1. The summed E-state index contributed by atoms with van der Waals surface area (Å²) in [6.07, 6.45) is 0. The first kappa shape index (κ1) is 12.7. The molecule has 0 saturated heterocycles. The van der Waals surface area contributed by atoms with Crippen molar-refractivity contribution >= 4 is 33.3 Å². The van der Waals surface area contributed by atoms with Gasteiger partial charge in [0.2, 0.25) is 5.13 Å². The predicted octanol–water partition coefficient (Wildman–Crippen LogP) is 3.39. The number of hydrogen-bond donors (Lipinski definition) is 1. The van der Waals surface area contributed by atoms with Crippen molar-refractivity contribution in [1.29, 1.82) is 0 Å². The molecule has 100 valence electrons. The number of nitrogens with one attached hydrogen (secondary N) is 1. The number of hydrogen-bond acceptors (Lipinski definition) is 4. The minimum Gasteiger partial charge on any atom is -0.297 e. The molecule has 1 amide bonds. The van der Waals surface area contributed by atoms with Gasteiger partial charge in [-0.1, -0.05) is 24.3 Å². The lowest BCUT2D eigenvalue weighted by atomic mass is 10.0. The summed E-state index contributed by atoms with van der Waals surface area (Å²) in [5, 5.41) is 4.11. The lowest BCUT2D eigenvalue weighted by Gasteiger charge is -2.06. The molecule has 0 aliphatic heterocycles. The summed E-state index contributed by atoms with van der Waals surface area (Å²) in [7, 11) is 0. The van der Waals surface area contributed by atoms with Crippen molar-refractivity contribution in [1.82, 2.24) is 9.36 Å². The summed E-state index contributed by atoms with van der Waals surface area (Å²) in [6, 6.07) is 9.65. The van der Waals surface area contributed by atoms with Gasteiger partial charge in [-0.2, -0.15) is 4.37 Å². The van der Waals surface area contributed by atoms with E-state index >= 15 is 0 Å². The second kappa shape index (κ2) is 4.97. The molecule has 0 unspecified atom stereocenters. The van der Waals surface area contributed by atoms with Gasteiger partial charge >= 0.3 is 0 Å². The molecule has 3 aromatic rings. The van der Waals surface area contributed by atoms with Crippen LogP contribution in [0.5, 0.6) is 0 Å². The fourth-order valence-corrected chi connectivity index (χ4v) is 2.54. The van der Waals surface area contributed by atoms with Gasteiger partial charge in [0.15, 0.2) is 0 Å². The van der Waals surface area contributed by atoms with Gasteiger partial charge in [0.25, 0.3) is 5.91 Å². The summed E-state index contributed by atoms with van der Waals surface area (Å²) < 4.78 is 17.7. The molecule has 0 aliphatic carbocycles. The quantitative estimate of drug-likeness (QED) is 0.786. The Balaban J connectivity index is 2.01. The maximum Gasteiger partial charge on any atom is 0.258 e.